The molecule has 1 amide bonds. The second kappa shape index (κ2) is 5.22. The van der Waals surface area contributed by atoms with E-state index in [2.05, 4.69) is 10.3 Å². The number of ether oxygens (including phenoxy) is 2. The van der Waals surface area contributed by atoms with E-state index in [1.54, 1.807) is 12.4 Å². The smallest absolute Gasteiger partial charge is 0.265 e. The van der Waals surface area contributed by atoms with E-state index in [4.69, 9.17) is 9.47 Å². The first-order valence-electron chi connectivity index (χ1n) is 4.94. The summed E-state index contributed by atoms with van der Waals surface area (Å²) in [5.41, 5.74) is 0. The van der Waals surface area contributed by atoms with Crippen molar-refractivity contribution in [3.8, 4) is 0 Å². The molecular formula is C11H12N2O3S. The maximum Gasteiger partial charge on any atom is 0.265 e. The van der Waals surface area contributed by atoms with Crippen LogP contribution in [0, 0.1) is 0 Å². The van der Waals surface area contributed by atoms with Crippen LogP contribution in [0.1, 0.15) is 9.67 Å². The Labute approximate surface area is 102 Å². The number of aromatic nitrogens is 1. The van der Waals surface area contributed by atoms with Gasteiger partial charge in [0.25, 0.3) is 5.91 Å². The molecule has 6 heteroatoms. The zero-order valence-electron chi connectivity index (χ0n) is 9.47. The van der Waals surface area contributed by atoms with Gasteiger partial charge in [0.1, 0.15) is 0 Å². The fourth-order valence-corrected chi connectivity index (χ4v) is 2.32. The molecule has 0 aliphatic rings. The molecule has 17 heavy (non-hydrogen) atoms. The highest BCUT2D eigenvalue weighted by Crippen LogP contribution is 2.24. The lowest BCUT2D eigenvalue weighted by molar-refractivity contribution is -0.115. The fourth-order valence-electron chi connectivity index (χ4n) is 1.39. The maximum atomic E-state index is 11.9. The highest BCUT2D eigenvalue weighted by molar-refractivity contribution is 7.20. The molecule has 0 bridgehead atoms. The van der Waals surface area contributed by atoms with Gasteiger partial charge in [-0.25, -0.2) is 0 Å². The first-order valence-corrected chi connectivity index (χ1v) is 5.76. The van der Waals surface area contributed by atoms with Crippen molar-refractivity contribution in [2.75, 3.05) is 14.2 Å². The zero-order valence-corrected chi connectivity index (χ0v) is 10.3. The predicted molar refractivity (Wildman–Crippen MR) is 64.9 cm³/mol. The summed E-state index contributed by atoms with van der Waals surface area (Å²) in [6, 6.07) is 3.69. The quantitative estimate of drug-likeness (QED) is 0.840. The standard InChI is InChI=1S/C11H12N2O3S/c1-15-11(16-2)13-10(14)8-5-7-3-4-12-6-9(7)17-8/h3-6,11H,1-2H3,(H,13,14). The molecule has 2 heterocycles. The normalized spacial score (nSPS) is 11.0. The number of hydrogen-bond donors (Lipinski definition) is 1. The van der Waals surface area contributed by atoms with Gasteiger partial charge in [0.2, 0.25) is 6.41 Å². The Bertz CT molecular complexity index is 489. The predicted octanol–water partition coefficient (Wildman–Crippen LogP) is 1.60. The highest BCUT2D eigenvalue weighted by atomic mass is 32.1. The summed E-state index contributed by atoms with van der Waals surface area (Å²) in [6.45, 7) is 0. The van der Waals surface area contributed by atoms with Crippen molar-refractivity contribution in [1.29, 1.82) is 0 Å². The van der Waals surface area contributed by atoms with Crippen molar-refractivity contribution in [2.24, 2.45) is 0 Å². The van der Waals surface area contributed by atoms with Gasteiger partial charge in [-0.05, 0) is 17.5 Å². The van der Waals surface area contributed by atoms with Gasteiger partial charge in [0.05, 0.1) is 9.58 Å². The fraction of sp³-hybridized carbons (Fsp3) is 0.273. The second-order valence-electron chi connectivity index (χ2n) is 3.30. The van der Waals surface area contributed by atoms with Crippen molar-refractivity contribution in [3.63, 3.8) is 0 Å². The van der Waals surface area contributed by atoms with E-state index in [0.717, 1.165) is 10.1 Å². The van der Waals surface area contributed by atoms with E-state index in [0.29, 0.717) is 4.88 Å². The molecule has 0 aromatic carbocycles. The molecule has 2 aromatic rings. The van der Waals surface area contributed by atoms with Crippen molar-refractivity contribution >= 4 is 27.3 Å². The van der Waals surface area contributed by atoms with E-state index in [1.165, 1.54) is 25.6 Å². The number of methoxy groups -OCH3 is 2. The summed E-state index contributed by atoms with van der Waals surface area (Å²) in [6.07, 6.45) is 2.70. The van der Waals surface area contributed by atoms with Gasteiger partial charge in [0, 0.05) is 26.6 Å². The first-order chi connectivity index (χ1) is 8.24. The average molecular weight is 252 g/mol. The SMILES string of the molecule is COC(NC(=O)c1cc2ccncc2s1)OC. The van der Waals surface area contributed by atoms with Crippen molar-refractivity contribution < 1.29 is 14.3 Å². The van der Waals surface area contributed by atoms with Crippen molar-refractivity contribution in [1.82, 2.24) is 10.3 Å². The molecule has 2 rings (SSSR count). The van der Waals surface area contributed by atoms with Gasteiger partial charge in [0.15, 0.2) is 0 Å². The molecule has 0 atom stereocenters. The van der Waals surface area contributed by atoms with Gasteiger partial charge >= 0.3 is 0 Å². The van der Waals surface area contributed by atoms with Crippen LogP contribution in [0.15, 0.2) is 24.5 Å². The number of rotatable bonds is 4. The second-order valence-corrected chi connectivity index (χ2v) is 4.38. The highest BCUT2D eigenvalue weighted by Gasteiger charge is 2.14. The van der Waals surface area contributed by atoms with Crippen LogP contribution >= 0.6 is 11.3 Å². The molecule has 5 nitrogen and oxygen atoms in total. The van der Waals surface area contributed by atoms with E-state index in [1.807, 2.05) is 12.1 Å². The van der Waals surface area contributed by atoms with Crippen LogP contribution in [0.3, 0.4) is 0 Å². The topological polar surface area (TPSA) is 60.5 Å². The first kappa shape index (κ1) is 12.0. The zero-order chi connectivity index (χ0) is 12.3. The largest absolute Gasteiger partial charge is 0.339 e. The van der Waals surface area contributed by atoms with Crippen molar-refractivity contribution in [3.05, 3.63) is 29.4 Å². The van der Waals surface area contributed by atoms with Crippen LogP contribution in [0.5, 0.6) is 0 Å². The van der Waals surface area contributed by atoms with Crippen LogP contribution in [0.4, 0.5) is 0 Å². The van der Waals surface area contributed by atoms with Crippen molar-refractivity contribution in [2.45, 2.75) is 6.41 Å². The summed E-state index contributed by atoms with van der Waals surface area (Å²) in [5.74, 6) is -0.222. The lowest BCUT2D eigenvalue weighted by Crippen LogP contribution is -2.37. The number of carbonyl (C=O) groups excluding carboxylic acids is 1. The van der Waals surface area contributed by atoms with Crippen LogP contribution in [-0.4, -0.2) is 31.5 Å². The number of nitrogens with one attached hydrogen (secondary N) is 1. The van der Waals surface area contributed by atoms with E-state index < -0.39 is 6.41 Å². The minimum atomic E-state index is -0.731. The average Bonchev–Trinajstić information content (AvgIpc) is 2.79. The molecule has 0 radical (unpaired) electrons. The minimum Gasteiger partial charge on any atom is -0.339 e. The Hall–Kier alpha value is -1.50. The van der Waals surface area contributed by atoms with Gasteiger partial charge in [-0.15, -0.1) is 11.3 Å². The summed E-state index contributed by atoms with van der Waals surface area (Å²) >= 11 is 1.38. The van der Waals surface area contributed by atoms with Gasteiger partial charge in [-0.3, -0.25) is 9.78 Å². The lowest BCUT2D eigenvalue weighted by atomic mass is 10.3. The number of hydrogen-bond acceptors (Lipinski definition) is 5. The molecule has 2 aromatic heterocycles. The molecule has 0 unspecified atom stereocenters. The Morgan fingerprint density at radius 2 is 2.24 bits per heavy atom. The Morgan fingerprint density at radius 3 is 2.88 bits per heavy atom. The van der Waals surface area contributed by atoms with Crippen LogP contribution in [0.25, 0.3) is 10.1 Å². The molecule has 0 spiro atoms. The van der Waals surface area contributed by atoms with Crippen LogP contribution < -0.4 is 5.32 Å². The third-order valence-corrected chi connectivity index (χ3v) is 3.31. The number of fused-ring (bicyclic) bond motifs is 1. The number of nitrogens with zero attached hydrogens (tertiary/aromatic N) is 1. The number of amides is 1. The lowest BCUT2D eigenvalue weighted by Gasteiger charge is -2.13. The molecule has 0 saturated heterocycles. The molecule has 0 fully saturated rings. The Morgan fingerprint density at radius 1 is 1.47 bits per heavy atom. The number of carbonyl (C=O) groups is 1. The number of pyridine rings is 1. The molecular weight excluding hydrogens is 240 g/mol. The van der Waals surface area contributed by atoms with E-state index in [9.17, 15) is 4.79 Å². The third-order valence-electron chi connectivity index (χ3n) is 2.22. The maximum absolute atomic E-state index is 11.9. The molecule has 90 valence electrons. The summed E-state index contributed by atoms with van der Waals surface area (Å²) in [4.78, 5) is 16.5. The van der Waals surface area contributed by atoms with Gasteiger partial charge in [-0.2, -0.15) is 0 Å². The number of thiophene rings is 1. The van der Waals surface area contributed by atoms with Crippen LogP contribution in [0.2, 0.25) is 0 Å². The minimum absolute atomic E-state index is 0.222. The Balaban J connectivity index is 2.19. The monoisotopic (exact) mass is 252 g/mol. The summed E-state index contributed by atoms with van der Waals surface area (Å²) < 4.78 is 10.8. The molecule has 1 N–H and O–H groups in total. The molecule has 0 aliphatic carbocycles. The molecule has 0 saturated carbocycles. The van der Waals surface area contributed by atoms with E-state index >= 15 is 0 Å². The summed E-state index contributed by atoms with van der Waals surface area (Å²) in [5, 5.41) is 3.60. The van der Waals surface area contributed by atoms with E-state index in [-0.39, 0.29) is 5.91 Å². The third kappa shape index (κ3) is 2.60. The Kier molecular flexibility index (Phi) is 3.68. The molecule has 0 aliphatic heterocycles. The van der Waals surface area contributed by atoms with Gasteiger partial charge < -0.3 is 14.8 Å². The van der Waals surface area contributed by atoms with Gasteiger partial charge in [-0.1, -0.05) is 0 Å². The van der Waals surface area contributed by atoms with Crippen LogP contribution in [-0.2, 0) is 9.47 Å². The summed E-state index contributed by atoms with van der Waals surface area (Å²) in [7, 11) is 2.92.